The lowest BCUT2D eigenvalue weighted by atomic mass is 10.1. The summed E-state index contributed by atoms with van der Waals surface area (Å²) < 4.78 is 10.6. The molecule has 0 aromatic heterocycles. The van der Waals surface area contributed by atoms with E-state index in [1.54, 1.807) is 0 Å². The Hall–Kier alpha value is -1.55. The number of amides is 1. The Labute approximate surface area is 107 Å². The SMILES string of the molecule is CCOc1ccc(CC(=O)N2CCOCC2)cc1. The van der Waals surface area contributed by atoms with Gasteiger partial charge >= 0.3 is 0 Å². The van der Waals surface area contributed by atoms with Crippen LogP contribution in [0.1, 0.15) is 12.5 Å². The number of rotatable bonds is 4. The topological polar surface area (TPSA) is 38.8 Å². The fraction of sp³-hybridized carbons (Fsp3) is 0.500. The standard InChI is InChI=1S/C14H19NO3/c1-2-18-13-5-3-12(4-6-13)11-14(16)15-7-9-17-10-8-15/h3-6H,2,7-11H2,1H3. The van der Waals surface area contributed by atoms with Gasteiger partial charge in [0.05, 0.1) is 26.2 Å². The van der Waals surface area contributed by atoms with E-state index in [2.05, 4.69) is 0 Å². The van der Waals surface area contributed by atoms with Crippen LogP contribution in [0.5, 0.6) is 5.75 Å². The zero-order chi connectivity index (χ0) is 12.8. The zero-order valence-electron chi connectivity index (χ0n) is 10.7. The number of morpholine rings is 1. The molecule has 4 heteroatoms. The highest BCUT2D eigenvalue weighted by Crippen LogP contribution is 2.13. The van der Waals surface area contributed by atoms with E-state index in [4.69, 9.17) is 9.47 Å². The van der Waals surface area contributed by atoms with E-state index < -0.39 is 0 Å². The predicted molar refractivity (Wildman–Crippen MR) is 68.7 cm³/mol. The van der Waals surface area contributed by atoms with Gasteiger partial charge in [0.15, 0.2) is 0 Å². The molecule has 1 saturated heterocycles. The highest BCUT2D eigenvalue weighted by molar-refractivity contribution is 5.78. The van der Waals surface area contributed by atoms with Crippen LogP contribution in [0.3, 0.4) is 0 Å². The van der Waals surface area contributed by atoms with Crippen LogP contribution in [0.15, 0.2) is 24.3 Å². The van der Waals surface area contributed by atoms with E-state index >= 15 is 0 Å². The van der Waals surface area contributed by atoms with Crippen molar-refractivity contribution in [3.63, 3.8) is 0 Å². The van der Waals surface area contributed by atoms with Gasteiger partial charge in [-0.3, -0.25) is 4.79 Å². The first-order valence-electron chi connectivity index (χ1n) is 6.37. The van der Waals surface area contributed by atoms with Crippen molar-refractivity contribution in [1.82, 2.24) is 4.90 Å². The number of ether oxygens (including phenoxy) is 2. The molecule has 1 aliphatic heterocycles. The summed E-state index contributed by atoms with van der Waals surface area (Å²) in [5.74, 6) is 1.02. The molecule has 0 spiro atoms. The van der Waals surface area contributed by atoms with E-state index in [-0.39, 0.29) is 5.91 Å². The fourth-order valence-electron chi connectivity index (χ4n) is 1.97. The molecule has 0 unspecified atom stereocenters. The number of carbonyl (C=O) groups is 1. The van der Waals surface area contributed by atoms with Gasteiger partial charge in [-0.15, -0.1) is 0 Å². The minimum absolute atomic E-state index is 0.169. The number of benzene rings is 1. The largest absolute Gasteiger partial charge is 0.494 e. The molecular formula is C14H19NO3. The Morgan fingerprint density at radius 2 is 1.94 bits per heavy atom. The summed E-state index contributed by atoms with van der Waals surface area (Å²) in [5.41, 5.74) is 1.02. The molecule has 1 aromatic rings. The molecular weight excluding hydrogens is 230 g/mol. The quantitative estimate of drug-likeness (QED) is 0.811. The van der Waals surface area contributed by atoms with Gasteiger partial charge in [-0.2, -0.15) is 0 Å². The first-order valence-corrected chi connectivity index (χ1v) is 6.37. The molecule has 2 rings (SSSR count). The third-order valence-electron chi connectivity index (χ3n) is 2.95. The Bertz CT molecular complexity index is 383. The summed E-state index contributed by atoms with van der Waals surface area (Å²) in [7, 11) is 0. The van der Waals surface area contributed by atoms with Crippen molar-refractivity contribution >= 4 is 5.91 Å². The molecule has 0 N–H and O–H groups in total. The van der Waals surface area contributed by atoms with Gasteiger partial charge in [0.1, 0.15) is 5.75 Å². The lowest BCUT2D eigenvalue weighted by Crippen LogP contribution is -2.41. The summed E-state index contributed by atoms with van der Waals surface area (Å²) in [6.07, 6.45) is 0.451. The summed E-state index contributed by atoms with van der Waals surface area (Å²) in [4.78, 5) is 13.9. The van der Waals surface area contributed by atoms with E-state index in [1.807, 2.05) is 36.1 Å². The zero-order valence-corrected chi connectivity index (χ0v) is 10.7. The number of carbonyl (C=O) groups excluding carboxylic acids is 1. The van der Waals surface area contributed by atoms with Crippen LogP contribution >= 0.6 is 0 Å². The molecule has 18 heavy (non-hydrogen) atoms. The van der Waals surface area contributed by atoms with Crippen molar-refractivity contribution in [2.24, 2.45) is 0 Å². The van der Waals surface area contributed by atoms with Crippen molar-refractivity contribution in [2.75, 3.05) is 32.9 Å². The monoisotopic (exact) mass is 249 g/mol. The van der Waals surface area contributed by atoms with Crippen LogP contribution < -0.4 is 4.74 Å². The fourth-order valence-corrected chi connectivity index (χ4v) is 1.97. The van der Waals surface area contributed by atoms with Gasteiger partial charge in [-0.05, 0) is 24.6 Å². The average molecular weight is 249 g/mol. The molecule has 1 aliphatic rings. The van der Waals surface area contributed by atoms with Crippen molar-refractivity contribution in [3.05, 3.63) is 29.8 Å². The third-order valence-corrected chi connectivity index (χ3v) is 2.95. The van der Waals surface area contributed by atoms with Crippen molar-refractivity contribution in [2.45, 2.75) is 13.3 Å². The Morgan fingerprint density at radius 3 is 2.56 bits per heavy atom. The second kappa shape index (κ2) is 6.40. The molecule has 1 aromatic carbocycles. The van der Waals surface area contributed by atoms with Crippen LogP contribution in [0.25, 0.3) is 0 Å². The smallest absolute Gasteiger partial charge is 0.227 e. The lowest BCUT2D eigenvalue weighted by Gasteiger charge is -2.26. The highest BCUT2D eigenvalue weighted by Gasteiger charge is 2.16. The normalized spacial score (nSPS) is 15.5. The lowest BCUT2D eigenvalue weighted by molar-refractivity contribution is -0.134. The average Bonchev–Trinajstić information content (AvgIpc) is 2.42. The van der Waals surface area contributed by atoms with Gasteiger partial charge < -0.3 is 14.4 Å². The van der Waals surface area contributed by atoms with Crippen LogP contribution in [0, 0.1) is 0 Å². The summed E-state index contributed by atoms with van der Waals surface area (Å²) in [5, 5.41) is 0. The Kier molecular flexibility index (Phi) is 4.59. The van der Waals surface area contributed by atoms with Crippen molar-refractivity contribution in [1.29, 1.82) is 0 Å². The van der Waals surface area contributed by atoms with Gasteiger partial charge in [0.25, 0.3) is 0 Å². The summed E-state index contributed by atoms with van der Waals surface area (Å²) >= 11 is 0. The molecule has 0 atom stereocenters. The maximum absolute atomic E-state index is 12.0. The molecule has 0 saturated carbocycles. The van der Waals surface area contributed by atoms with E-state index in [1.165, 1.54) is 0 Å². The van der Waals surface area contributed by atoms with Gasteiger partial charge in [-0.25, -0.2) is 0 Å². The molecule has 98 valence electrons. The second-order valence-electron chi connectivity index (χ2n) is 4.25. The van der Waals surface area contributed by atoms with Gasteiger partial charge in [0, 0.05) is 13.1 Å². The first-order chi connectivity index (χ1) is 8.79. The maximum atomic E-state index is 12.0. The summed E-state index contributed by atoms with van der Waals surface area (Å²) in [6, 6.07) is 7.71. The third kappa shape index (κ3) is 3.47. The first kappa shape index (κ1) is 12.9. The number of hydrogen-bond acceptors (Lipinski definition) is 3. The van der Waals surface area contributed by atoms with E-state index in [0.29, 0.717) is 39.3 Å². The molecule has 1 heterocycles. The molecule has 1 fully saturated rings. The Balaban J connectivity index is 1.89. The van der Waals surface area contributed by atoms with Crippen LogP contribution in [-0.4, -0.2) is 43.7 Å². The second-order valence-corrected chi connectivity index (χ2v) is 4.25. The maximum Gasteiger partial charge on any atom is 0.227 e. The molecule has 1 amide bonds. The summed E-state index contributed by atoms with van der Waals surface area (Å²) in [6.45, 7) is 5.32. The number of nitrogens with zero attached hydrogens (tertiary/aromatic N) is 1. The minimum atomic E-state index is 0.169. The van der Waals surface area contributed by atoms with Crippen molar-refractivity contribution in [3.8, 4) is 5.75 Å². The van der Waals surface area contributed by atoms with Crippen molar-refractivity contribution < 1.29 is 14.3 Å². The minimum Gasteiger partial charge on any atom is -0.494 e. The highest BCUT2D eigenvalue weighted by atomic mass is 16.5. The Morgan fingerprint density at radius 1 is 1.28 bits per heavy atom. The predicted octanol–water partition coefficient (Wildman–Crippen LogP) is 1.49. The van der Waals surface area contributed by atoms with Gasteiger partial charge in [0.2, 0.25) is 5.91 Å². The van der Waals surface area contributed by atoms with Crippen LogP contribution in [0.2, 0.25) is 0 Å². The van der Waals surface area contributed by atoms with E-state index in [9.17, 15) is 4.79 Å². The molecule has 0 radical (unpaired) electrons. The van der Waals surface area contributed by atoms with Crippen LogP contribution in [0.4, 0.5) is 0 Å². The molecule has 0 aliphatic carbocycles. The van der Waals surface area contributed by atoms with Gasteiger partial charge in [-0.1, -0.05) is 12.1 Å². The van der Waals surface area contributed by atoms with E-state index in [0.717, 1.165) is 11.3 Å². The molecule has 4 nitrogen and oxygen atoms in total. The van der Waals surface area contributed by atoms with Crippen LogP contribution in [-0.2, 0) is 16.0 Å². The number of hydrogen-bond donors (Lipinski definition) is 0. The molecule has 0 bridgehead atoms.